The molecule has 110 valence electrons. The van der Waals surface area contributed by atoms with Gasteiger partial charge in [-0.1, -0.05) is 29.3 Å². The van der Waals surface area contributed by atoms with E-state index in [1.807, 2.05) is 0 Å². The quantitative estimate of drug-likeness (QED) is 0.848. The number of halogens is 2. The van der Waals surface area contributed by atoms with E-state index in [1.165, 1.54) is 17.3 Å². The van der Waals surface area contributed by atoms with E-state index in [1.54, 1.807) is 31.3 Å². The highest BCUT2D eigenvalue weighted by Crippen LogP contribution is 2.16. The molecule has 0 radical (unpaired) electrons. The highest BCUT2D eigenvalue weighted by molar-refractivity contribution is 6.30. The molecular formula is C14H13Cl2N3O2. The van der Waals surface area contributed by atoms with Crippen LogP contribution in [0, 0.1) is 0 Å². The zero-order valence-electron chi connectivity index (χ0n) is 11.3. The van der Waals surface area contributed by atoms with E-state index < -0.39 is 0 Å². The molecule has 5 nitrogen and oxygen atoms in total. The third-order valence-electron chi connectivity index (χ3n) is 2.68. The topological polar surface area (TPSA) is 55.3 Å². The van der Waals surface area contributed by atoms with Crippen LogP contribution in [0.5, 0.6) is 5.75 Å². The van der Waals surface area contributed by atoms with E-state index >= 15 is 0 Å². The van der Waals surface area contributed by atoms with Gasteiger partial charge < -0.3 is 9.64 Å². The fourth-order valence-electron chi connectivity index (χ4n) is 1.58. The Bertz CT molecular complexity index is 620. The normalized spacial score (nSPS) is 10.2. The molecule has 21 heavy (non-hydrogen) atoms. The van der Waals surface area contributed by atoms with Gasteiger partial charge in [0.15, 0.2) is 0 Å². The van der Waals surface area contributed by atoms with E-state index in [0.29, 0.717) is 23.9 Å². The molecule has 0 N–H and O–H groups in total. The monoisotopic (exact) mass is 325 g/mol. The lowest BCUT2D eigenvalue weighted by atomic mass is 10.3. The number of amides is 1. The first-order chi connectivity index (χ1) is 10.1. The van der Waals surface area contributed by atoms with Gasteiger partial charge in [0.1, 0.15) is 23.2 Å². The minimum atomic E-state index is -0.242. The van der Waals surface area contributed by atoms with Crippen molar-refractivity contribution >= 4 is 29.1 Å². The molecular weight excluding hydrogens is 313 g/mol. The second-order valence-electron chi connectivity index (χ2n) is 4.26. The predicted octanol–water partition coefficient (Wildman–Crippen LogP) is 2.93. The molecule has 0 saturated carbocycles. The van der Waals surface area contributed by atoms with Gasteiger partial charge in [0, 0.05) is 12.1 Å². The Morgan fingerprint density at radius 3 is 2.76 bits per heavy atom. The van der Waals surface area contributed by atoms with Crippen LogP contribution in [0.15, 0.2) is 36.7 Å². The molecule has 0 aliphatic rings. The molecule has 0 spiro atoms. The number of hydrogen-bond donors (Lipinski definition) is 0. The van der Waals surface area contributed by atoms with Gasteiger partial charge in [-0.25, -0.2) is 9.97 Å². The summed E-state index contributed by atoms with van der Waals surface area (Å²) in [7, 11) is 1.67. The number of aromatic nitrogens is 2. The number of ether oxygens (including phenoxy) is 1. The number of carbonyl (C=O) groups is 1. The van der Waals surface area contributed by atoms with Gasteiger partial charge in [-0.05, 0) is 18.2 Å². The molecule has 0 bridgehead atoms. The summed E-state index contributed by atoms with van der Waals surface area (Å²) in [6.45, 7) is 0.763. The van der Waals surface area contributed by atoms with Gasteiger partial charge in [-0.3, -0.25) is 4.79 Å². The van der Waals surface area contributed by atoms with E-state index in [2.05, 4.69) is 9.97 Å². The van der Waals surface area contributed by atoms with Crippen LogP contribution in [0.25, 0.3) is 0 Å². The van der Waals surface area contributed by atoms with Crippen LogP contribution in [-0.2, 0) is 0 Å². The highest BCUT2D eigenvalue weighted by Gasteiger charge is 2.13. The maximum Gasteiger partial charge on any atom is 0.273 e. The summed E-state index contributed by atoms with van der Waals surface area (Å²) in [6, 6.07) is 7.09. The molecule has 0 aliphatic carbocycles. The number of likely N-dealkylation sites (N-methyl/N-ethyl adjacent to an activating group) is 1. The minimum absolute atomic E-state index is 0.240. The number of carbonyl (C=O) groups excluding carboxylic acids is 1. The highest BCUT2D eigenvalue weighted by atomic mass is 35.5. The van der Waals surface area contributed by atoms with Crippen molar-refractivity contribution in [3.05, 3.63) is 52.5 Å². The Labute approximate surface area is 132 Å². The Morgan fingerprint density at radius 1 is 1.29 bits per heavy atom. The van der Waals surface area contributed by atoms with Crippen molar-refractivity contribution in [1.82, 2.24) is 14.9 Å². The van der Waals surface area contributed by atoms with Crippen molar-refractivity contribution in [3.8, 4) is 5.75 Å². The summed E-state index contributed by atoms with van der Waals surface area (Å²) in [4.78, 5) is 21.3. The van der Waals surface area contributed by atoms with Gasteiger partial charge in [0.2, 0.25) is 0 Å². The van der Waals surface area contributed by atoms with Crippen LogP contribution in [0.4, 0.5) is 0 Å². The van der Waals surface area contributed by atoms with Crippen LogP contribution in [0.1, 0.15) is 10.5 Å². The molecule has 0 unspecified atom stereocenters. The molecule has 2 rings (SSSR count). The summed E-state index contributed by atoms with van der Waals surface area (Å²) < 4.78 is 5.53. The Kier molecular flexibility index (Phi) is 5.36. The van der Waals surface area contributed by atoms with Crippen molar-refractivity contribution in [3.63, 3.8) is 0 Å². The van der Waals surface area contributed by atoms with Gasteiger partial charge in [0.05, 0.1) is 18.9 Å². The van der Waals surface area contributed by atoms with Gasteiger partial charge in [0.25, 0.3) is 5.91 Å². The third-order valence-corrected chi connectivity index (χ3v) is 3.11. The molecule has 1 amide bonds. The summed E-state index contributed by atoms with van der Waals surface area (Å²) >= 11 is 11.5. The Hall–Kier alpha value is -1.85. The van der Waals surface area contributed by atoms with E-state index in [9.17, 15) is 4.79 Å². The van der Waals surface area contributed by atoms with E-state index in [4.69, 9.17) is 27.9 Å². The lowest BCUT2D eigenvalue weighted by Gasteiger charge is -2.16. The molecule has 1 aromatic heterocycles. The first-order valence-electron chi connectivity index (χ1n) is 6.17. The van der Waals surface area contributed by atoms with Gasteiger partial charge in [-0.15, -0.1) is 0 Å². The van der Waals surface area contributed by atoms with E-state index in [-0.39, 0.29) is 16.8 Å². The SMILES string of the molecule is CN(CCOc1cccc(Cl)c1)C(=O)c1cnc(Cl)cn1. The largest absolute Gasteiger partial charge is 0.492 e. The Morgan fingerprint density at radius 2 is 2.10 bits per heavy atom. The number of nitrogens with zero attached hydrogens (tertiary/aromatic N) is 3. The van der Waals surface area contributed by atoms with Gasteiger partial charge in [-0.2, -0.15) is 0 Å². The molecule has 1 heterocycles. The maximum atomic E-state index is 12.1. The van der Waals surface area contributed by atoms with Crippen molar-refractivity contribution < 1.29 is 9.53 Å². The maximum absolute atomic E-state index is 12.1. The molecule has 0 fully saturated rings. The fourth-order valence-corrected chi connectivity index (χ4v) is 1.85. The number of hydrogen-bond acceptors (Lipinski definition) is 4. The zero-order valence-corrected chi connectivity index (χ0v) is 12.8. The van der Waals surface area contributed by atoms with Crippen LogP contribution in [-0.4, -0.2) is 41.0 Å². The molecule has 1 aromatic carbocycles. The zero-order chi connectivity index (χ0) is 15.2. The lowest BCUT2D eigenvalue weighted by molar-refractivity contribution is 0.0767. The first kappa shape index (κ1) is 15.5. The van der Waals surface area contributed by atoms with Crippen molar-refractivity contribution in [2.45, 2.75) is 0 Å². The van der Waals surface area contributed by atoms with E-state index in [0.717, 1.165) is 0 Å². The smallest absolute Gasteiger partial charge is 0.273 e. The molecule has 7 heteroatoms. The molecule has 2 aromatic rings. The second-order valence-corrected chi connectivity index (χ2v) is 5.08. The van der Waals surface area contributed by atoms with Crippen molar-refractivity contribution in [1.29, 1.82) is 0 Å². The molecule has 0 aliphatic heterocycles. The van der Waals surface area contributed by atoms with Crippen LogP contribution in [0.3, 0.4) is 0 Å². The third kappa shape index (κ3) is 4.58. The minimum Gasteiger partial charge on any atom is -0.492 e. The average Bonchev–Trinajstić information content (AvgIpc) is 2.47. The standard InChI is InChI=1S/C14H13Cl2N3O2/c1-19(14(20)12-8-18-13(16)9-17-12)5-6-21-11-4-2-3-10(15)7-11/h2-4,7-9H,5-6H2,1H3. The van der Waals surface area contributed by atoms with Crippen molar-refractivity contribution in [2.75, 3.05) is 20.2 Å². The first-order valence-corrected chi connectivity index (χ1v) is 6.93. The predicted molar refractivity (Wildman–Crippen MR) is 80.9 cm³/mol. The Balaban J connectivity index is 1.85. The van der Waals surface area contributed by atoms with Crippen LogP contribution < -0.4 is 4.74 Å². The summed E-state index contributed by atoms with van der Waals surface area (Å²) in [5.74, 6) is 0.420. The second kappa shape index (κ2) is 7.24. The summed E-state index contributed by atoms with van der Waals surface area (Å²) in [5.41, 5.74) is 0.240. The number of rotatable bonds is 5. The summed E-state index contributed by atoms with van der Waals surface area (Å²) in [6.07, 6.45) is 2.68. The summed E-state index contributed by atoms with van der Waals surface area (Å²) in [5, 5.41) is 0.854. The van der Waals surface area contributed by atoms with Gasteiger partial charge >= 0.3 is 0 Å². The van der Waals surface area contributed by atoms with Crippen LogP contribution >= 0.6 is 23.2 Å². The molecule has 0 atom stereocenters. The van der Waals surface area contributed by atoms with Crippen molar-refractivity contribution in [2.24, 2.45) is 0 Å². The average molecular weight is 326 g/mol. The van der Waals surface area contributed by atoms with Crippen LogP contribution in [0.2, 0.25) is 10.2 Å². The lowest BCUT2D eigenvalue weighted by Crippen LogP contribution is -2.31. The fraction of sp³-hybridized carbons (Fsp3) is 0.214. The molecule has 0 saturated heterocycles. The number of benzene rings is 1.